The van der Waals surface area contributed by atoms with Gasteiger partial charge in [-0.1, -0.05) is 29.3 Å². The van der Waals surface area contributed by atoms with Crippen LogP contribution in [0.2, 0.25) is 10.0 Å². The summed E-state index contributed by atoms with van der Waals surface area (Å²) in [6.07, 6.45) is 0. The molecule has 0 aromatic heterocycles. The van der Waals surface area contributed by atoms with E-state index < -0.39 is 10.8 Å². The Balaban J connectivity index is 2.04. The Morgan fingerprint density at radius 2 is 2.04 bits per heavy atom. The summed E-state index contributed by atoms with van der Waals surface area (Å²) in [4.78, 5) is 22.3. The molecule has 0 heterocycles. The van der Waals surface area contributed by atoms with Gasteiger partial charge in [0.2, 0.25) is 0 Å². The third kappa shape index (κ3) is 4.34. The van der Waals surface area contributed by atoms with Gasteiger partial charge in [-0.2, -0.15) is 0 Å². The zero-order valence-corrected chi connectivity index (χ0v) is 13.5. The second-order valence-corrected chi connectivity index (χ2v) is 5.46. The minimum absolute atomic E-state index is 0.0680. The lowest BCUT2D eigenvalue weighted by Crippen LogP contribution is -2.21. The largest absolute Gasteiger partial charge is 0.482 e. The van der Waals surface area contributed by atoms with Gasteiger partial charge in [-0.05, 0) is 25.1 Å². The SMILES string of the molecule is Cc1c(NC(=O)COc2cc(Cl)ccc2Cl)cccc1[N+](=O)[O-]. The number of halogens is 2. The maximum atomic E-state index is 11.9. The van der Waals surface area contributed by atoms with Crippen LogP contribution in [-0.4, -0.2) is 17.4 Å². The molecule has 0 fully saturated rings. The first-order valence-corrected chi connectivity index (χ1v) is 7.26. The molecule has 0 unspecified atom stereocenters. The van der Waals surface area contributed by atoms with E-state index in [-0.39, 0.29) is 18.0 Å². The van der Waals surface area contributed by atoms with Crippen LogP contribution in [0.3, 0.4) is 0 Å². The third-order valence-corrected chi connectivity index (χ3v) is 3.58. The Labute approximate surface area is 142 Å². The van der Waals surface area contributed by atoms with E-state index in [1.807, 2.05) is 0 Å². The highest BCUT2D eigenvalue weighted by Gasteiger charge is 2.15. The number of rotatable bonds is 5. The number of nitro groups is 1. The van der Waals surface area contributed by atoms with Crippen LogP contribution < -0.4 is 10.1 Å². The molecular weight excluding hydrogens is 343 g/mol. The van der Waals surface area contributed by atoms with Crippen LogP contribution >= 0.6 is 23.2 Å². The predicted molar refractivity (Wildman–Crippen MR) is 88.4 cm³/mol. The van der Waals surface area contributed by atoms with Crippen LogP contribution in [0.5, 0.6) is 5.75 Å². The van der Waals surface area contributed by atoms with Crippen LogP contribution in [0, 0.1) is 17.0 Å². The molecule has 0 atom stereocenters. The first kappa shape index (κ1) is 17.1. The Bertz CT molecular complexity index is 765. The fourth-order valence-electron chi connectivity index (χ4n) is 1.87. The summed E-state index contributed by atoms with van der Waals surface area (Å²) in [5.74, 6) is -0.185. The number of carbonyl (C=O) groups is 1. The highest BCUT2D eigenvalue weighted by molar-refractivity contribution is 6.34. The molecule has 0 saturated heterocycles. The standard InChI is InChI=1S/C15H12Cl2N2O4/c1-9-12(3-2-4-13(9)19(21)22)18-15(20)8-23-14-7-10(16)5-6-11(14)17/h2-7H,8H2,1H3,(H,18,20). The molecule has 2 aromatic carbocycles. The molecule has 0 aliphatic carbocycles. The molecule has 0 saturated carbocycles. The average molecular weight is 355 g/mol. The lowest BCUT2D eigenvalue weighted by molar-refractivity contribution is -0.385. The van der Waals surface area contributed by atoms with Gasteiger partial charge in [0.15, 0.2) is 6.61 Å². The Kier molecular flexibility index (Phi) is 5.41. The zero-order valence-electron chi connectivity index (χ0n) is 12.0. The number of hydrogen-bond donors (Lipinski definition) is 1. The number of benzene rings is 2. The first-order valence-electron chi connectivity index (χ1n) is 6.50. The molecule has 0 spiro atoms. The topological polar surface area (TPSA) is 81.5 Å². The molecule has 0 aliphatic heterocycles. The number of nitrogens with zero attached hydrogens (tertiary/aromatic N) is 1. The van der Waals surface area contributed by atoms with E-state index in [4.69, 9.17) is 27.9 Å². The van der Waals surface area contributed by atoms with Crippen LogP contribution in [-0.2, 0) is 4.79 Å². The monoisotopic (exact) mass is 354 g/mol. The Hall–Kier alpha value is -2.31. The van der Waals surface area contributed by atoms with Gasteiger partial charge in [-0.15, -0.1) is 0 Å². The number of carbonyl (C=O) groups excluding carboxylic acids is 1. The van der Waals surface area contributed by atoms with E-state index >= 15 is 0 Å². The summed E-state index contributed by atoms with van der Waals surface area (Å²) in [7, 11) is 0. The molecule has 0 aliphatic rings. The van der Waals surface area contributed by atoms with E-state index in [2.05, 4.69) is 5.32 Å². The highest BCUT2D eigenvalue weighted by atomic mass is 35.5. The Morgan fingerprint density at radius 1 is 1.30 bits per heavy atom. The smallest absolute Gasteiger partial charge is 0.274 e. The molecule has 0 radical (unpaired) electrons. The van der Waals surface area contributed by atoms with Crippen molar-refractivity contribution in [1.82, 2.24) is 0 Å². The van der Waals surface area contributed by atoms with E-state index in [0.717, 1.165) is 0 Å². The maximum Gasteiger partial charge on any atom is 0.274 e. The van der Waals surface area contributed by atoms with Gasteiger partial charge in [0.1, 0.15) is 5.75 Å². The minimum atomic E-state index is -0.507. The summed E-state index contributed by atoms with van der Waals surface area (Å²) < 4.78 is 5.31. The van der Waals surface area contributed by atoms with Gasteiger partial charge < -0.3 is 10.1 Å². The summed E-state index contributed by atoms with van der Waals surface area (Å²) in [5, 5.41) is 14.2. The number of amides is 1. The summed E-state index contributed by atoms with van der Waals surface area (Å²) in [6, 6.07) is 9.09. The van der Waals surface area contributed by atoms with Crippen molar-refractivity contribution < 1.29 is 14.5 Å². The minimum Gasteiger partial charge on any atom is -0.482 e. The highest BCUT2D eigenvalue weighted by Crippen LogP contribution is 2.28. The van der Waals surface area contributed by atoms with Gasteiger partial charge in [-0.25, -0.2) is 0 Å². The van der Waals surface area contributed by atoms with Crippen LogP contribution in [0.4, 0.5) is 11.4 Å². The molecule has 2 rings (SSSR count). The lowest BCUT2D eigenvalue weighted by atomic mass is 10.1. The van der Waals surface area contributed by atoms with E-state index in [1.165, 1.54) is 18.2 Å². The number of ether oxygens (including phenoxy) is 1. The van der Waals surface area contributed by atoms with Crippen molar-refractivity contribution in [2.75, 3.05) is 11.9 Å². The second-order valence-electron chi connectivity index (χ2n) is 4.62. The van der Waals surface area contributed by atoms with Crippen molar-refractivity contribution in [1.29, 1.82) is 0 Å². The lowest BCUT2D eigenvalue weighted by Gasteiger charge is -2.10. The molecular formula is C15H12Cl2N2O4. The molecule has 1 amide bonds. The normalized spacial score (nSPS) is 10.2. The number of nitro benzene ring substituents is 1. The molecule has 6 nitrogen and oxygen atoms in total. The molecule has 2 aromatic rings. The van der Waals surface area contributed by atoms with Crippen molar-refractivity contribution in [2.24, 2.45) is 0 Å². The molecule has 0 bridgehead atoms. The van der Waals surface area contributed by atoms with Crippen LogP contribution in [0.25, 0.3) is 0 Å². The zero-order chi connectivity index (χ0) is 17.0. The van der Waals surface area contributed by atoms with Crippen molar-refractivity contribution in [3.05, 3.63) is 62.1 Å². The second kappa shape index (κ2) is 7.30. The fourth-order valence-corrected chi connectivity index (χ4v) is 2.21. The molecule has 120 valence electrons. The van der Waals surface area contributed by atoms with Crippen molar-refractivity contribution in [2.45, 2.75) is 6.92 Å². The van der Waals surface area contributed by atoms with Gasteiger partial charge in [0, 0.05) is 17.2 Å². The fraction of sp³-hybridized carbons (Fsp3) is 0.133. The van der Waals surface area contributed by atoms with Crippen molar-refractivity contribution >= 4 is 40.5 Å². The summed E-state index contributed by atoms with van der Waals surface area (Å²) in [6.45, 7) is 1.25. The maximum absolute atomic E-state index is 11.9. The van der Waals surface area contributed by atoms with Gasteiger partial charge in [-0.3, -0.25) is 14.9 Å². The average Bonchev–Trinajstić information content (AvgIpc) is 2.50. The van der Waals surface area contributed by atoms with Gasteiger partial charge >= 0.3 is 0 Å². The van der Waals surface area contributed by atoms with Gasteiger partial charge in [0.25, 0.3) is 11.6 Å². The van der Waals surface area contributed by atoms with E-state index in [0.29, 0.717) is 21.3 Å². The summed E-state index contributed by atoms with van der Waals surface area (Å²) >= 11 is 11.8. The van der Waals surface area contributed by atoms with Crippen molar-refractivity contribution in [3.8, 4) is 5.75 Å². The first-order chi connectivity index (χ1) is 10.9. The third-order valence-electron chi connectivity index (χ3n) is 3.03. The quantitative estimate of drug-likeness (QED) is 0.643. The van der Waals surface area contributed by atoms with Crippen molar-refractivity contribution in [3.63, 3.8) is 0 Å². The number of anilines is 1. The molecule has 8 heteroatoms. The molecule has 23 heavy (non-hydrogen) atoms. The molecule has 1 N–H and O–H groups in total. The Morgan fingerprint density at radius 3 is 2.74 bits per heavy atom. The van der Waals surface area contributed by atoms with Gasteiger partial charge in [0.05, 0.1) is 21.2 Å². The predicted octanol–water partition coefficient (Wildman–Crippen LogP) is 4.23. The van der Waals surface area contributed by atoms with E-state index in [9.17, 15) is 14.9 Å². The summed E-state index contributed by atoms with van der Waals surface area (Å²) in [5.41, 5.74) is 0.651. The van der Waals surface area contributed by atoms with Crippen LogP contribution in [0.1, 0.15) is 5.56 Å². The van der Waals surface area contributed by atoms with Crippen LogP contribution in [0.15, 0.2) is 36.4 Å². The number of hydrogen-bond acceptors (Lipinski definition) is 4. The number of nitrogens with one attached hydrogen (secondary N) is 1. The van der Waals surface area contributed by atoms with E-state index in [1.54, 1.807) is 25.1 Å².